The highest BCUT2D eigenvalue weighted by molar-refractivity contribution is 7.13. The van der Waals surface area contributed by atoms with Crippen LogP contribution in [0, 0.1) is 5.41 Å². The summed E-state index contributed by atoms with van der Waals surface area (Å²) in [5.41, 5.74) is 2.90. The van der Waals surface area contributed by atoms with E-state index in [-0.39, 0.29) is 17.5 Å². The molecule has 23 heavy (non-hydrogen) atoms. The molecule has 6 heteroatoms. The van der Waals surface area contributed by atoms with Gasteiger partial charge in [-0.15, -0.1) is 10.2 Å². The first kappa shape index (κ1) is 15.9. The van der Waals surface area contributed by atoms with Gasteiger partial charge in [-0.25, -0.2) is 4.79 Å². The number of benzene rings is 1. The third-order valence-corrected chi connectivity index (χ3v) is 5.21. The van der Waals surface area contributed by atoms with E-state index in [0.717, 1.165) is 24.8 Å². The summed E-state index contributed by atoms with van der Waals surface area (Å²) in [7, 11) is 0. The highest BCUT2D eigenvalue weighted by atomic mass is 32.1. The predicted molar refractivity (Wildman–Crippen MR) is 92.3 cm³/mol. The molecule has 0 radical (unpaired) electrons. The number of hydrogen-bond donors (Lipinski definition) is 1. The molecule has 2 aromatic rings. The van der Waals surface area contributed by atoms with Gasteiger partial charge in [0.2, 0.25) is 5.13 Å². The van der Waals surface area contributed by atoms with Gasteiger partial charge in [-0.3, -0.25) is 5.32 Å². The molecular weight excluding hydrogens is 308 g/mol. The molecule has 1 atom stereocenters. The molecule has 5 nitrogen and oxygen atoms in total. The number of carbonyl (C=O) groups excluding carboxylic acids is 1. The molecular formula is C17H22N4OS. The maximum absolute atomic E-state index is 12.8. The highest BCUT2D eigenvalue weighted by Crippen LogP contribution is 2.41. The second-order valence-corrected chi connectivity index (χ2v) is 7.52. The Morgan fingerprint density at radius 1 is 1.39 bits per heavy atom. The van der Waals surface area contributed by atoms with Gasteiger partial charge in [0.05, 0.1) is 0 Å². The van der Waals surface area contributed by atoms with E-state index in [1.165, 1.54) is 11.3 Å². The van der Waals surface area contributed by atoms with Crippen molar-refractivity contribution >= 4 is 22.5 Å². The number of amides is 2. The van der Waals surface area contributed by atoms with E-state index < -0.39 is 0 Å². The lowest BCUT2D eigenvalue weighted by Crippen LogP contribution is -2.47. The van der Waals surface area contributed by atoms with E-state index in [2.05, 4.69) is 41.5 Å². The van der Waals surface area contributed by atoms with E-state index >= 15 is 0 Å². The van der Waals surface area contributed by atoms with Crippen LogP contribution in [0.15, 0.2) is 35.8 Å². The first-order valence-corrected chi connectivity index (χ1v) is 8.82. The minimum atomic E-state index is -0.0921. The zero-order chi connectivity index (χ0) is 16.3. The second-order valence-electron chi connectivity index (χ2n) is 6.68. The van der Waals surface area contributed by atoms with Crippen molar-refractivity contribution in [2.24, 2.45) is 5.41 Å². The monoisotopic (exact) mass is 330 g/mol. The van der Waals surface area contributed by atoms with Crippen molar-refractivity contribution in [2.75, 3.05) is 5.32 Å². The Morgan fingerprint density at radius 2 is 2.17 bits per heavy atom. The number of nitrogens with zero attached hydrogens (tertiary/aromatic N) is 3. The minimum Gasteiger partial charge on any atom is -0.317 e. The van der Waals surface area contributed by atoms with Gasteiger partial charge in [0, 0.05) is 12.6 Å². The van der Waals surface area contributed by atoms with Crippen molar-refractivity contribution < 1.29 is 4.79 Å². The lowest BCUT2D eigenvalue weighted by molar-refractivity contribution is 0.131. The minimum absolute atomic E-state index is 0.0921. The fourth-order valence-corrected chi connectivity index (χ4v) is 3.82. The van der Waals surface area contributed by atoms with Crippen LogP contribution in [-0.4, -0.2) is 27.2 Å². The van der Waals surface area contributed by atoms with Gasteiger partial charge < -0.3 is 4.90 Å². The van der Waals surface area contributed by atoms with Crippen LogP contribution in [0.25, 0.3) is 0 Å². The second kappa shape index (κ2) is 6.66. The molecule has 0 aliphatic heterocycles. The number of aromatic nitrogens is 2. The number of rotatable bonds is 4. The average Bonchev–Trinajstić information content (AvgIpc) is 3.15. The van der Waals surface area contributed by atoms with E-state index in [1.54, 1.807) is 5.51 Å². The molecule has 1 aromatic carbocycles. The average molecular weight is 330 g/mol. The van der Waals surface area contributed by atoms with Gasteiger partial charge in [-0.1, -0.05) is 61.9 Å². The number of anilines is 1. The first-order valence-electron chi connectivity index (χ1n) is 7.94. The summed E-state index contributed by atoms with van der Waals surface area (Å²) in [6, 6.07) is 10.3. The molecule has 0 saturated heterocycles. The van der Waals surface area contributed by atoms with Crippen LogP contribution in [0.1, 0.15) is 38.7 Å². The zero-order valence-electron chi connectivity index (χ0n) is 13.5. The summed E-state index contributed by atoms with van der Waals surface area (Å²) in [6.45, 7) is 5.11. The summed E-state index contributed by atoms with van der Waals surface area (Å²) in [4.78, 5) is 14.8. The predicted octanol–water partition coefficient (Wildman–Crippen LogP) is 4.15. The molecule has 1 N–H and O–H groups in total. The van der Waals surface area contributed by atoms with Gasteiger partial charge in [0.15, 0.2) is 0 Å². The van der Waals surface area contributed by atoms with Crippen LogP contribution in [0.2, 0.25) is 0 Å². The van der Waals surface area contributed by atoms with Crippen molar-refractivity contribution in [3.8, 4) is 0 Å². The molecule has 1 fully saturated rings. The third-order valence-electron chi connectivity index (χ3n) is 4.61. The van der Waals surface area contributed by atoms with Gasteiger partial charge in [-0.05, 0) is 23.8 Å². The molecule has 0 bridgehead atoms. The molecule has 2 amide bonds. The lowest BCUT2D eigenvalue weighted by Gasteiger charge is -2.37. The molecule has 1 aliphatic carbocycles. The van der Waals surface area contributed by atoms with Crippen LogP contribution >= 0.6 is 11.3 Å². The van der Waals surface area contributed by atoms with Crippen molar-refractivity contribution in [2.45, 2.75) is 45.7 Å². The van der Waals surface area contributed by atoms with Crippen molar-refractivity contribution in [3.63, 3.8) is 0 Å². The SMILES string of the molecule is CC1(C)CCCC1N(Cc1ccccc1)C(=O)Nc1nncs1. The highest BCUT2D eigenvalue weighted by Gasteiger charge is 2.40. The largest absolute Gasteiger partial charge is 0.324 e. The van der Waals surface area contributed by atoms with Gasteiger partial charge in [0.25, 0.3) is 0 Å². The van der Waals surface area contributed by atoms with E-state index in [1.807, 2.05) is 23.1 Å². The van der Waals surface area contributed by atoms with Gasteiger partial charge in [0.1, 0.15) is 5.51 Å². The molecule has 1 saturated carbocycles. The fraction of sp³-hybridized carbons (Fsp3) is 0.471. The number of hydrogen-bond acceptors (Lipinski definition) is 4. The van der Waals surface area contributed by atoms with Crippen molar-refractivity contribution in [1.82, 2.24) is 15.1 Å². The normalized spacial score (nSPS) is 19.5. The van der Waals surface area contributed by atoms with Crippen molar-refractivity contribution in [1.29, 1.82) is 0 Å². The quantitative estimate of drug-likeness (QED) is 0.916. The first-order chi connectivity index (χ1) is 11.1. The summed E-state index contributed by atoms with van der Waals surface area (Å²) < 4.78 is 0. The lowest BCUT2D eigenvalue weighted by atomic mass is 9.86. The number of urea groups is 1. The number of nitrogens with one attached hydrogen (secondary N) is 1. The Labute approximate surface area is 140 Å². The third kappa shape index (κ3) is 3.69. The standard InChI is InChI=1S/C17H22N4OS/c1-17(2)10-6-9-14(17)21(11-13-7-4-3-5-8-13)16(22)19-15-20-18-12-23-15/h3-5,7-8,12,14H,6,9-11H2,1-2H3,(H,19,20,22). The maximum atomic E-state index is 12.8. The van der Waals surface area contributed by atoms with Gasteiger partial charge >= 0.3 is 6.03 Å². The molecule has 1 aliphatic rings. The Balaban J connectivity index is 1.82. The molecule has 1 heterocycles. The molecule has 1 unspecified atom stereocenters. The van der Waals surface area contributed by atoms with E-state index in [0.29, 0.717) is 11.7 Å². The van der Waals surface area contributed by atoms with E-state index in [4.69, 9.17) is 0 Å². The maximum Gasteiger partial charge on any atom is 0.324 e. The topological polar surface area (TPSA) is 58.1 Å². The summed E-state index contributed by atoms with van der Waals surface area (Å²) in [5, 5.41) is 11.1. The van der Waals surface area contributed by atoms with Crippen molar-refractivity contribution in [3.05, 3.63) is 41.4 Å². The molecule has 1 aromatic heterocycles. The van der Waals surface area contributed by atoms with Crippen LogP contribution in [-0.2, 0) is 6.54 Å². The van der Waals surface area contributed by atoms with Gasteiger partial charge in [-0.2, -0.15) is 0 Å². The number of carbonyl (C=O) groups is 1. The molecule has 122 valence electrons. The zero-order valence-corrected chi connectivity index (χ0v) is 14.3. The Kier molecular flexibility index (Phi) is 4.61. The smallest absolute Gasteiger partial charge is 0.317 e. The van der Waals surface area contributed by atoms with Crippen LogP contribution < -0.4 is 5.32 Å². The summed E-state index contributed by atoms with van der Waals surface area (Å²) >= 11 is 1.34. The van der Waals surface area contributed by atoms with Crippen LogP contribution in [0.4, 0.5) is 9.93 Å². The Bertz CT molecular complexity index is 642. The van der Waals surface area contributed by atoms with Crippen LogP contribution in [0.5, 0.6) is 0 Å². The molecule has 3 rings (SSSR count). The summed E-state index contributed by atoms with van der Waals surface area (Å²) in [6.07, 6.45) is 3.35. The Morgan fingerprint density at radius 3 is 2.78 bits per heavy atom. The van der Waals surface area contributed by atoms with Crippen LogP contribution in [0.3, 0.4) is 0 Å². The van der Waals surface area contributed by atoms with E-state index in [9.17, 15) is 4.79 Å². The Hall–Kier alpha value is -1.95. The summed E-state index contributed by atoms with van der Waals surface area (Å²) in [5.74, 6) is 0. The molecule has 0 spiro atoms. The fourth-order valence-electron chi connectivity index (χ4n) is 3.38.